The van der Waals surface area contributed by atoms with Gasteiger partial charge in [0.1, 0.15) is 5.92 Å². The Morgan fingerprint density at radius 1 is 1.14 bits per heavy atom. The van der Waals surface area contributed by atoms with Gasteiger partial charge >= 0.3 is 0 Å². The lowest BCUT2D eigenvalue weighted by molar-refractivity contribution is -0.118. The number of hydrogen-bond donors (Lipinski definition) is 1. The minimum Gasteiger partial charge on any atom is -0.325 e. The van der Waals surface area contributed by atoms with Crippen molar-refractivity contribution < 1.29 is 4.79 Å². The molecule has 0 heterocycles. The normalized spacial score (nSPS) is 11.5. The van der Waals surface area contributed by atoms with Gasteiger partial charge in [-0.2, -0.15) is 5.26 Å². The summed E-state index contributed by atoms with van der Waals surface area (Å²) >= 11 is 0. The molecule has 1 N–H and O–H groups in total. The molecule has 1 amide bonds. The highest BCUT2D eigenvalue weighted by atomic mass is 16.1. The summed E-state index contributed by atoms with van der Waals surface area (Å²) in [7, 11) is 0. The van der Waals surface area contributed by atoms with Gasteiger partial charge in [-0.3, -0.25) is 4.79 Å². The van der Waals surface area contributed by atoms with Crippen molar-refractivity contribution in [3.63, 3.8) is 0 Å². The van der Waals surface area contributed by atoms with Gasteiger partial charge in [-0.25, -0.2) is 0 Å². The number of carbonyl (C=O) groups is 1. The quantitative estimate of drug-likeness (QED) is 0.928. The van der Waals surface area contributed by atoms with Crippen LogP contribution in [-0.4, -0.2) is 5.91 Å². The molecule has 106 valence electrons. The van der Waals surface area contributed by atoms with Crippen molar-refractivity contribution in [2.45, 2.75) is 20.3 Å². The van der Waals surface area contributed by atoms with E-state index in [4.69, 9.17) is 0 Å². The zero-order chi connectivity index (χ0) is 15.2. The summed E-state index contributed by atoms with van der Waals surface area (Å²) in [5.41, 5.74) is 3.90. The fraction of sp³-hybridized carbons (Fsp3) is 0.222. The standard InChI is InChI=1S/C18H18N2O/c1-13-7-6-10-17(14(13)2)20-18(21)16(12-19)11-15-8-4-3-5-9-15/h3-10,16H,11H2,1-2H3,(H,20,21). The Balaban J connectivity index is 2.11. The first-order chi connectivity index (χ1) is 10.1. The molecule has 0 saturated carbocycles. The second-order valence-electron chi connectivity index (χ2n) is 5.11. The number of rotatable bonds is 4. The van der Waals surface area contributed by atoms with Gasteiger partial charge in [-0.15, -0.1) is 0 Å². The predicted octanol–water partition coefficient (Wildman–Crippen LogP) is 3.62. The summed E-state index contributed by atoms with van der Waals surface area (Å²) in [6, 6.07) is 17.4. The third-order valence-corrected chi connectivity index (χ3v) is 3.62. The molecule has 0 aliphatic rings. The van der Waals surface area contributed by atoms with E-state index < -0.39 is 5.92 Å². The summed E-state index contributed by atoms with van der Waals surface area (Å²) in [6.07, 6.45) is 0.425. The molecule has 0 aliphatic heterocycles. The molecule has 0 saturated heterocycles. The van der Waals surface area contributed by atoms with E-state index in [-0.39, 0.29) is 5.91 Å². The SMILES string of the molecule is Cc1cccc(NC(=O)C(C#N)Cc2ccccc2)c1C. The molecule has 0 bridgehead atoms. The van der Waals surface area contributed by atoms with Gasteiger partial charge in [0.25, 0.3) is 0 Å². The molecule has 21 heavy (non-hydrogen) atoms. The van der Waals surface area contributed by atoms with Gasteiger partial charge in [0.05, 0.1) is 6.07 Å². The summed E-state index contributed by atoms with van der Waals surface area (Å²) < 4.78 is 0. The Kier molecular flexibility index (Phi) is 4.73. The summed E-state index contributed by atoms with van der Waals surface area (Å²) in [4.78, 5) is 12.3. The van der Waals surface area contributed by atoms with Crippen molar-refractivity contribution in [3.8, 4) is 6.07 Å². The van der Waals surface area contributed by atoms with Crippen LogP contribution in [0.4, 0.5) is 5.69 Å². The van der Waals surface area contributed by atoms with Gasteiger partial charge in [0.2, 0.25) is 5.91 Å². The van der Waals surface area contributed by atoms with Crippen LogP contribution >= 0.6 is 0 Å². The predicted molar refractivity (Wildman–Crippen MR) is 83.8 cm³/mol. The second kappa shape index (κ2) is 6.71. The Labute approximate surface area is 125 Å². The number of nitriles is 1. The first-order valence-electron chi connectivity index (χ1n) is 6.92. The van der Waals surface area contributed by atoms with E-state index in [0.717, 1.165) is 22.4 Å². The minimum atomic E-state index is -0.688. The molecule has 2 aromatic rings. The van der Waals surface area contributed by atoms with E-state index in [2.05, 4.69) is 11.4 Å². The highest BCUT2D eigenvalue weighted by Crippen LogP contribution is 2.19. The van der Waals surface area contributed by atoms with Crippen LogP contribution in [0.3, 0.4) is 0 Å². The largest absolute Gasteiger partial charge is 0.325 e. The third-order valence-electron chi connectivity index (χ3n) is 3.62. The van der Waals surface area contributed by atoms with Gasteiger partial charge in [-0.1, -0.05) is 42.5 Å². The first-order valence-corrected chi connectivity index (χ1v) is 6.92. The topological polar surface area (TPSA) is 52.9 Å². The molecule has 0 spiro atoms. The summed E-state index contributed by atoms with van der Waals surface area (Å²) in [6.45, 7) is 3.96. The van der Waals surface area contributed by atoms with E-state index in [1.807, 2.05) is 62.4 Å². The van der Waals surface area contributed by atoms with Gasteiger partial charge in [0, 0.05) is 5.69 Å². The number of nitrogens with zero attached hydrogens (tertiary/aromatic N) is 1. The van der Waals surface area contributed by atoms with E-state index >= 15 is 0 Å². The van der Waals surface area contributed by atoms with Gasteiger partial charge in [-0.05, 0) is 43.0 Å². The van der Waals surface area contributed by atoms with E-state index in [1.165, 1.54) is 0 Å². The maximum atomic E-state index is 12.3. The average Bonchev–Trinajstić information content (AvgIpc) is 2.50. The first kappa shape index (κ1) is 14.8. The number of carbonyl (C=O) groups excluding carboxylic acids is 1. The Hall–Kier alpha value is -2.60. The zero-order valence-corrected chi connectivity index (χ0v) is 12.3. The lowest BCUT2D eigenvalue weighted by Gasteiger charge is -2.13. The molecule has 3 heteroatoms. The van der Waals surface area contributed by atoms with E-state index in [1.54, 1.807) is 0 Å². The number of benzene rings is 2. The fourth-order valence-electron chi connectivity index (χ4n) is 2.15. The lowest BCUT2D eigenvalue weighted by atomic mass is 9.99. The van der Waals surface area contributed by atoms with E-state index in [0.29, 0.717) is 6.42 Å². The molecule has 3 nitrogen and oxygen atoms in total. The Morgan fingerprint density at radius 2 is 1.86 bits per heavy atom. The van der Waals surface area contributed by atoms with Crippen molar-refractivity contribution >= 4 is 11.6 Å². The molecular weight excluding hydrogens is 260 g/mol. The number of anilines is 1. The van der Waals surface area contributed by atoms with Crippen LogP contribution in [0.5, 0.6) is 0 Å². The smallest absolute Gasteiger partial charge is 0.242 e. The molecule has 0 radical (unpaired) electrons. The molecule has 2 aromatic carbocycles. The van der Waals surface area contributed by atoms with Crippen molar-refractivity contribution in [1.29, 1.82) is 5.26 Å². The number of nitrogens with one attached hydrogen (secondary N) is 1. The number of aryl methyl sites for hydroxylation is 1. The van der Waals surface area contributed by atoms with Crippen LogP contribution < -0.4 is 5.32 Å². The second-order valence-corrected chi connectivity index (χ2v) is 5.11. The van der Waals surface area contributed by atoms with Crippen LogP contribution in [0, 0.1) is 31.1 Å². The summed E-state index contributed by atoms with van der Waals surface area (Å²) in [5, 5.41) is 12.1. The van der Waals surface area contributed by atoms with Crippen LogP contribution in [0.25, 0.3) is 0 Å². The van der Waals surface area contributed by atoms with Crippen molar-refractivity contribution in [2.24, 2.45) is 5.92 Å². The number of hydrogen-bond acceptors (Lipinski definition) is 2. The Bertz CT molecular complexity index is 671. The highest BCUT2D eigenvalue weighted by Gasteiger charge is 2.19. The van der Waals surface area contributed by atoms with Crippen molar-refractivity contribution in [2.75, 3.05) is 5.32 Å². The monoisotopic (exact) mass is 278 g/mol. The molecular formula is C18H18N2O. The van der Waals surface area contributed by atoms with Crippen molar-refractivity contribution in [1.82, 2.24) is 0 Å². The molecule has 0 aromatic heterocycles. The molecule has 0 fully saturated rings. The maximum Gasteiger partial charge on any atom is 0.242 e. The van der Waals surface area contributed by atoms with E-state index in [9.17, 15) is 10.1 Å². The van der Waals surface area contributed by atoms with Crippen molar-refractivity contribution in [3.05, 3.63) is 65.2 Å². The third kappa shape index (κ3) is 3.70. The van der Waals surface area contributed by atoms with Gasteiger partial charge in [0.15, 0.2) is 0 Å². The summed E-state index contributed by atoms with van der Waals surface area (Å²) in [5.74, 6) is -0.942. The minimum absolute atomic E-state index is 0.255. The zero-order valence-electron chi connectivity index (χ0n) is 12.3. The molecule has 1 unspecified atom stereocenters. The molecule has 2 rings (SSSR count). The Morgan fingerprint density at radius 3 is 2.52 bits per heavy atom. The van der Waals surface area contributed by atoms with Gasteiger partial charge < -0.3 is 5.32 Å². The van der Waals surface area contributed by atoms with Crippen LogP contribution in [0.15, 0.2) is 48.5 Å². The molecule has 0 aliphatic carbocycles. The molecule has 1 atom stereocenters. The van der Waals surface area contributed by atoms with Crippen LogP contribution in [0.1, 0.15) is 16.7 Å². The fourth-order valence-corrected chi connectivity index (χ4v) is 2.15. The maximum absolute atomic E-state index is 12.3. The van der Waals surface area contributed by atoms with Crippen LogP contribution in [-0.2, 0) is 11.2 Å². The lowest BCUT2D eigenvalue weighted by Crippen LogP contribution is -2.24. The highest BCUT2D eigenvalue weighted by molar-refractivity contribution is 5.95. The number of amides is 1. The van der Waals surface area contributed by atoms with Crippen LogP contribution in [0.2, 0.25) is 0 Å². The average molecular weight is 278 g/mol.